The van der Waals surface area contributed by atoms with E-state index in [0.29, 0.717) is 40.9 Å². The van der Waals surface area contributed by atoms with Gasteiger partial charge in [-0.2, -0.15) is 0 Å². The molecule has 0 aliphatic carbocycles. The summed E-state index contributed by atoms with van der Waals surface area (Å²) in [5, 5.41) is 25.0. The standard InChI is InChI=1S/C15H18BrFN4O5S/c16-11-8-10(3-4-12(11)17)9-14(19-22)15-13(20-26-21-15)2-1-5-25-6-7-27(18,23)24/h3-4,8,22H,1-2,5-7,9H2,(H2,18,23,24)/b19-14+. The fraction of sp³-hybridized carbons (Fsp3) is 0.400. The molecule has 1 heterocycles. The van der Waals surface area contributed by atoms with Crippen LogP contribution in [0.2, 0.25) is 0 Å². The molecule has 1 aromatic carbocycles. The van der Waals surface area contributed by atoms with Gasteiger partial charge in [-0.05, 0) is 51.6 Å². The molecule has 0 spiro atoms. The summed E-state index contributed by atoms with van der Waals surface area (Å²) in [6.07, 6.45) is 1.13. The summed E-state index contributed by atoms with van der Waals surface area (Å²) in [6, 6.07) is 4.44. The molecule has 0 atom stereocenters. The van der Waals surface area contributed by atoms with Crippen molar-refractivity contribution in [2.24, 2.45) is 10.3 Å². The van der Waals surface area contributed by atoms with Crippen LogP contribution in [0.5, 0.6) is 0 Å². The van der Waals surface area contributed by atoms with Crippen LogP contribution in [0.15, 0.2) is 32.5 Å². The predicted octanol–water partition coefficient (Wildman–Crippen LogP) is 1.63. The Morgan fingerprint density at radius 3 is 2.81 bits per heavy atom. The lowest BCUT2D eigenvalue weighted by Gasteiger charge is -2.05. The molecule has 3 N–H and O–H groups in total. The molecule has 0 saturated heterocycles. The summed E-state index contributed by atoms with van der Waals surface area (Å²) in [5.41, 5.74) is 1.69. The summed E-state index contributed by atoms with van der Waals surface area (Å²) in [4.78, 5) is 0. The molecule has 9 nitrogen and oxygen atoms in total. The minimum atomic E-state index is -3.54. The number of nitrogens with two attached hydrogens (primary N) is 1. The molecule has 0 aliphatic rings. The van der Waals surface area contributed by atoms with Crippen molar-refractivity contribution >= 4 is 31.7 Å². The molecule has 1 aromatic heterocycles. The van der Waals surface area contributed by atoms with Gasteiger partial charge in [0.05, 0.1) is 16.8 Å². The van der Waals surface area contributed by atoms with E-state index in [9.17, 15) is 18.0 Å². The molecule has 0 unspecified atom stereocenters. The summed E-state index contributed by atoms with van der Waals surface area (Å²) in [5.74, 6) is -0.648. The van der Waals surface area contributed by atoms with Crippen molar-refractivity contribution in [3.8, 4) is 0 Å². The van der Waals surface area contributed by atoms with Gasteiger partial charge in [0, 0.05) is 13.0 Å². The first kappa shape index (κ1) is 21.4. The Morgan fingerprint density at radius 2 is 2.15 bits per heavy atom. The summed E-state index contributed by atoms with van der Waals surface area (Å²) < 4.78 is 45.2. The van der Waals surface area contributed by atoms with E-state index in [-0.39, 0.29) is 24.5 Å². The highest BCUT2D eigenvalue weighted by Gasteiger charge is 2.18. The van der Waals surface area contributed by atoms with Gasteiger partial charge in [0.15, 0.2) is 5.69 Å². The van der Waals surface area contributed by atoms with Crippen molar-refractivity contribution in [2.75, 3.05) is 19.0 Å². The van der Waals surface area contributed by atoms with Gasteiger partial charge in [-0.25, -0.2) is 22.6 Å². The lowest BCUT2D eigenvalue weighted by atomic mass is 10.0. The summed E-state index contributed by atoms with van der Waals surface area (Å²) >= 11 is 3.10. The average molecular weight is 465 g/mol. The topological polar surface area (TPSA) is 141 Å². The normalized spacial score (nSPS) is 12.5. The van der Waals surface area contributed by atoms with Crippen molar-refractivity contribution in [3.05, 3.63) is 45.4 Å². The van der Waals surface area contributed by atoms with Gasteiger partial charge in [-0.15, -0.1) is 0 Å². The second-order valence-corrected chi connectivity index (χ2v) is 8.20. The third-order valence-corrected chi connectivity index (χ3v) is 4.86. The molecule has 27 heavy (non-hydrogen) atoms. The minimum absolute atomic E-state index is 0.00550. The Balaban J connectivity index is 1.92. The second kappa shape index (κ2) is 9.88. The zero-order valence-corrected chi connectivity index (χ0v) is 16.5. The first-order valence-corrected chi connectivity index (χ1v) is 10.4. The van der Waals surface area contributed by atoms with Gasteiger partial charge in [-0.3, -0.25) is 0 Å². The highest BCUT2D eigenvalue weighted by atomic mass is 79.9. The van der Waals surface area contributed by atoms with E-state index in [1.807, 2.05) is 0 Å². The number of aryl methyl sites for hydroxylation is 1. The Kier molecular flexibility index (Phi) is 7.83. The maximum absolute atomic E-state index is 13.3. The monoisotopic (exact) mass is 464 g/mol. The summed E-state index contributed by atoms with van der Waals surface area (Å²) in [7, 11) is -3.54. The number of primary sulfonamides is 1. The first-order chi connectivity index (χ1) is 12.8. The molecule has 148 valence electrons. The maximum Gasteiger partial charge on any atom is 0.211 e. The number of aromatic nitrogens is 2. The molecule has 0 amide bonds. The van der Waals surface area contributed by atoms with Gasteiger partial charge in [0.1, 0.15) is 17.2 Å². The Bertz CT molecular complexity index is 903. The number of rotatable bonds is 10. The molecule has 0 fully saturated rings. The third-order valence-electron chi connectivity index (χ3n) is 3.52. The van der Waals surface area contributed by atoms with E-state index in [4.69, 9.17) is 14.5 Å². The molecular weight excluding hydrogens is 447 g/mol. The van der Waals surface area contributed by atoms with E-state index < -0.39 is 15.8 Å². The third kappa shape index (κ3) is 6.97. The Hall–Kier alpha value is -1.89. The molecule has 0 saturated carbocycles. The van der Waals surface area contributed by atoms with Gasteiger partial charge in [-0.1, -0.05) is 16.4 Å². The van der Waals surface area contributed by atoms with Crippen LogP contribution in [-0.4, -0.2) is 48.6 Å². The largest absolute Gasteiger partial charge is 0.411 e. The Labute approximate surface area is 163 Å². The smallest absolute Gasteiger partial charge is 0.211 e. The molecule has 2 rings (SSSR count). The van der Waals surface area contributed by atoms with E-state index in [1.54, 1.807) is 12.1 Å². The van der Waals surface area contributed by atoms with E-state index in [1.165, 1.54) is 6.07 Å². The number of oxime groups is 1. The second-order valence-electron chi connectivity index (χ2n) is 5.61. The zero-order chi connectivity index (χ0) is 19.9. The summed E-state index contributed by atoms with van der Waals surface area (Å²) in [6.45, 7) is 0.296. The van der Waals surface area contributed by atoms with Gasteiger partial charge in [0.25, 0.3) is 0 Å². The predicted molar refractivity (Wildman–Crippen MR) is 97.5 cm³/mol. The van der Waals surface area contributed by atoms with Crippen LogP contribution in [0, 0.1) is 5.82 Å². The highest BCUT2D eigenvalue weighted by Crippen LogP contribution is 2.19. The first-order valence-electron chi connectivity index (χ1n) is 7.85. The number of nitrogens with zero attached hydrogens (tertiary/aromatic N) is 3. The lowest BCUT2D eigenvalue weighted by Crippen LogP contribution is -2.20. The van der Waals surface area contributed by atoms with Crippen molar-refractivity contribution in [1.82, 2.24) is 10.3 Å². The quantitative estimate of drug-likeness (QED) is 0.235. The van der Waals surface area contributed by atoms with Crippen molar-refractivity contribution in [3.63, 3.8) is 0 Å². The van der Waals surface area contributed by atoms with Gasteiger partial charge >= 0.3 is 0 Å². The minimum Gasteiger partial charge on any atom is -0.411 e. The van der Waals surface area contributed by atoms with Crippen molar-refractivity contribution in [1.29, 1.82) is 0 Å². The number of ether oxygens (including phenoxy) is 1. The van der Waals surface area contributed by atoms with Crippen molar-refractivity contribution in [2.45, 2.75) is 19.3 Å². The lowest BCUT2D eigenvalue weighted by molar-refractivity contribution is 0.146. The van der Waals surface area contributed by atoms with Crippen LogP contribution < -0.4 is 5.14 Å². The fourth-order valence-electron chi connectivity index (χ4n) is 2.22. The van der Waals surface area contributed by atoms with Crippen LogP contribution >= 0.6 is 15.9 Å². The van der Waals surface area contributed by atoms with Crippen LogP contribution in [-0.2, 0) is 27.6 Å². The number of hydrogen-bond donors (Lipinski definition) is 2. The van der Waals surface area contributed by atoms with Gasteiger partial charge in [0.2, 0.25) is 10.0 Å². The van der Waals surface area contributed by atoms with E-state index >= 15 is 0 Å². The Morgan fingerprint density at radius 1 is 1.37 bits per heavy atom. The molecule has 2 aromatic rings. The van der Waals surface area contributed by atoms with Crippen LogP contribution in [0.4, 0.5) is 4.39 Å². The number of sulfonamides is 1. The molecule has 0 radical (unpaired) electrons. The van der Waals surface area contributed by atoms with Crippen LogP contribution in [0.3, 0.4) is 0 Å². The SMILES string of the molecule is NS(=O)(=O)CCOCCCc1nonc1/C(Cc1ccc(F)c(Br)c1)=N/O. The number of halogens is 2. The van der Waals surface area contributed by atoms with Gasteiger partial charge < -0.3 is 9.94 Å². The van der Waals surface area contributed by atoms with Crippen molar-refractivity contribution < 1.29 is 27.4 Å². The maximum atomic E-state index is 13.3. The van der Waals surface area contributed by atoms with E-state index in [2.05, 4.69) is 31.4 Å². The molecule has 12 heteroatoms. The molecule has 0 bridgehead atoms. The number of benzene rings is 1. The average Bonchev–Trinajstić information content (AvgIpc) is 3.06. The zero-order valence-electron chi connectivity index (χ0n) is 14.1. The van der Waals surface area contributed by atoms with Crippen LogP contribution in [0.1, 0.15) is 23.4 Å². The fourth-order valence-corrected chi connectivity index (χ4v) is 2.99. The number of hydrogen-bond acceptors (Lipinski definition) is 8. The van der Waals surface area contributed by atoms with E-state index in [0.717, 1.165) is 0 Å². The molecular formula is C15H18BrFN4O5S. The molecule has 0 aliphatic heterocycles. The highest BCUT2D eigenvalue weighted by molar-refractivity contribution is 9.10. The van der Waals surface area contributed by atoms with Crippen LogP contribution in [0.25, 0.3) is 0 Å².